The van der Waals surface area contributed by atoms with Crippen LogP contribution < -0.4 is 0 Å². The molecule has 0 saturated heterocycles. The average Bonchev–Trinajstić information content (AvgIpc) is 2.31. The van der Waals surface area contributed by atoms with Gasteiger partial charge in [-0.1, -0.05) is 6.42 Å². The molecule has 1 aromatic rings. The number of phenolic OH excluding ortho intramolecular Hbond substituents is 1. The Morgan fingerprint density at radius 1 is 1.35 bits per heavy atom. The second kappa shape index (κ2) is 5.82. The van der Waals surface area contributed by atoms with Gasteiger partial charge in [-0.2, -0.15) is 0 Å². The van der Waals surface area contributed by atoms with Crippen molar-refractivity contribution in [2.24, 2.45) is 0 Å². The van der Waals surface area contributed by atoms with Crippen LogP contribution in [0.15, 0.2) is 12.1 Å². The van der Waals surface area contributed by atoms with Gasteiger partial charge < -0.3 is 8.17 Å². The van der Waals surface area contributed by atoms with Crippen molar-refractivity contribution in [3.05, 3.63) is 28.8 Å². The number of halogens is 1. The number of hydrogen-bond acceptors (Lipinski definition) is 3. The Kier molecular flexibility index (Phi) is 4.39. The third-order valence-electron chi connectivity index (χ3n) is 3.27. The van der Waals surface area contributed by atoms with Crippen LogP contribution in [0.5, 0.6) is 5.75 Å². The SMILES string of the molecule is O=Cc1cc2c(cc1O)CC(OI)CCCC2. The largest absolute Gasteiger partial charge is 0.507 e. The number of phenols is 1. The summed E-state index contributed by atoms with van der Waals surface area (Å²) in [7, 11) is 0. The van der Waals surface area contributed by atoms with Crippen molar-refractivity contribution in [3.63, 3.8) is 0 Å². The van der Waals surface area contributed by atoms with Gasteiger partial charge in [0.25, 0.3) is 0 Å². The highest BCUT2D eigenvalue weighted by molar-refractivity contribution is 14.1. The molecular formula is C13H15IO3. The van der Waals surface area contributed by atoms with Crippen LogP contribution in [0.25, 0.3) is 0 Å². The molecule has 0 aromatic heterocycles. The predicted molar refractivity (Wildman–Crippen MR) is 73.6 cm³/mol. The average molecular weight is 346 g/mol. The first-order valence-electron chi connectivity index (χ1n) is 5.82. The lowest BCUT2D eigenvalue weighted by atomic mass is 9.90. The van der Waals surface area contributed by atoms with Crippen molar-refractivity contribution in [3.8, 4) is 5.75 Å². The molecule has 0 aliphatic heterocycles. The Labute approximate surface area is 115 Å². The van der Waals surface area contributed by atoms with Crippen molar-refractivity contribution >= 4 is 29.3 Å². The number of carbonyl (C=O) groups is 1. The van der Waals surface area contributed by atoms with Crippen LogP contribution in [0.3, 0.4) is 0 Å². The molecule has 0 amide bonds. The maximum absolute atomic E-state index is 10.8. The van der Waals surface area contributed by atoms with Gasteiger partial charge in [0.05, 0.1) is 11.7 Å². The standard InChI is InChI=1S/C13H15IO3/c14-17-12-4-2-1-3-9-5-11(8-15)13(16)7-10(9)6-12/h5,7-8,12,16H,1-4,6H2. The Morgan fingerprint density at radius 3 is 2.88 bits per heavy atom. The zero-order valence-corrected chi connectivity index (χ0v) is 11.6. The van der Waals surface area contributed by atoms with E-state index in [0.29, 0.717) is 11.8 Å². The summed E-state index contributed by atoms with van der Waals surface area (Å²) in [5.41, 5.74) is 2.66. The number of aromatic hydroxyl groups is 1. The summed E-state index contributed by atoms with van der Waals surface area (Å²) in [6.45, 7) is 0. The van der Waals surface area contributed by atoms with Crippen LogP contribution in [-0.4, -0.2) is 17.5 Å². The van der Waals surface area contributed by atoms with Gasteiger partial charge in [0.15, 0.2) is 6.29 Å². The topological polar surface area (TPSA) is 46.5 Å². The number of aryl methyl sites for hydroxylation is 1. The number of fused-ring (bicyclic) bond motifs is 1. The molecule has 0 fully saturated rings. The Morgan fingerprint density at radius 2 is 2.18 bits per heavy atom. The van der Waals surface area contributed by atoms with Crippen LogP contribution in [0.4, 0.5) is 0 Å². The highest BCUT2D eigenvalue weighted by atomic mass is 127. The molecular weight excluding hydrogens is 331 g/mol. The van der Waals surface area contributed by atoms with Crippen molar-refractivity contribution in [1.82, 2.24) is 0 Å². The maximum Gasteiger partial charge on any atom is 0.153 e. The van der Waals surface area contributed by atoms with Gasteiger partial charge in [-0.15, -0.1) is 0 Å². The lowest BCUT2D eigenvalue weighted by molar-refractivity contribution is 0.112. The molecule has 0 saturated carbocycles. The third-order valence-corrected chi connectivity index (χ3v) is 3.99. The quantitative estimate of drug-likeness (QED) is 0.661. The van der Waals surface area contributed by atoms with Gasteiger partial charge in [0.2, 0.25) is 0 Å². The van der Waals surface area contributed by atoms with E-state index in [2.05, 4.69) is 0 Å². The molecule has 1 aromatic carbocycles. The number of carbonyl (C=O) groups excluding carboxylic acids is 1. The molecule has 1 aliphatic rings. The first kappa shape index (κ1) is 12.8. The van der Waals surface area contributed by atoms with Crippen molar-refractivity contribution in [2.75, 3.05) is 0 Å². The minimum Gasteiger partial charge on any atom is -0.507 e. The molecule has 17 heavy (non-hydrogen) atoms. The highest BCUT2D eigenvalue weighted by Crippen LogP contribution is 2.28. The fourth-order valence-electron chi connectivity index (χ4n) is 2.32. The lowest BCUT2D eigenvalue weighted by Gasteiger charge is -2.20. The summed E-state index contributed by atoms with van der Waals surface area (Å²) >= 11 is 1.94. The summed E-state index contributed by atoms with van der Waals surface area (Å²) < 4.78 is 5.40. The van der Waals surface area contributed by atoms with Crippen molar-refractivity contribution in [1.29, 1.82) is 0 Å². The normalized spacial score (nSPS) is 20.2. The second-order valence-electron chi connectivity index (χ2n) is 4.46. The number of aldehydes is 1. The minimum absolute atomic E-state index is 0.0755. The summed E-state index contributed by atoms with van der Waals surface area (Å²) in [6, 6.07) is 3.53. The summed E-state index contributed by atoms with van der Waals surface area (Å²) in [6.07, 6.45) is 6.00. The molecule has 1 atom stereocenters. The molecule has 2 rings (SSSR count). The molecule has 3 nitrogen and oxygen atoms in total. The summed E-state index contributed by atoms with van der Waals surface area (Å²) in [5.74, 6) is 0.0755. The van der Waals surface area contributed by atoms with Gasteiger partial charge in [0, 0.05) is 6.42 Å². The van der Waals surface area contributed by atoms with E-state index in [1.165, 1.54) is 5.56 Å². The van der Waals surface area contributed by atoms with Crippen LogP contribution in [0, 0.1) is 0 Å². The van der Waals surface area contributed by atoms with Gasteiger partial charge in [-0.05, 0) is 42.5 Å². The van der Waals surface area contributed by atoms with E-state index >= 15 is 0 Å². The maximum atomic E-state index is 10.8. The molecule has 1 aliphatic carbocycles. The number of hydrogen-bond donors (Lipinski definition) is 1. The zero-order valence-electron chi connectivity index (χ0n) is 9.49. The van der Waals surface area contributed by atoms with E-state index in [1.54, 1.807) is 6.07 Å². The molecule has 0 bridgehead atoms. The second-order valence-corrected chi connectivity index (χ2v) is 4.97. The monoisotopic (exact) mass is 346 g/mol. The van der Waals surface area contributed by atoms with Crippen LogP contribution >= 0.6 is 23.0 Å². The summed E-state index contributed by atoms with van der Waals surface area (Å²) in [4.78, 5) is 10.8. The van der Waals surface area contributed by atoms with Crippen LogP contribution in [0.2, 0.25) is 0 Å². The van der Waals surface area contributed by atoms with Crippen molar-refractivity contribution in [2.45, 2.75) is 38.2 Å². The first-order chi connectivity index (χ1) is 8.24. The zero-order chi connectivity index (χ0) is 12.3. The van der Waals surface area contributed by atoms with E-state index in [9.17, 15) is 9.90 Å². The van der Waals surface area contributed by atoms with Crippen molar-refractivity contribution < 1.29 is 13.0 Å². The molecule has 1 unspecified atom stereocenters. The third kappa shape index (κ3) is 2.98. The van der Waals surface area contributed by atoms with Crippen LogP contribution in [-0.2, 0) is 15.9 Å². The van der Waals surface area contributed by atoms with E-state index in [0.717, 1.165) is 37.7 Å². The molecule has 0 heterocycles. The van der Waals surface area contributed by atoms with Crippen LogP contribution in [0.1, 0.15) is 40.7 Å². The van der Waals surface area contributed by atoms with Gasteiger partial charge in [-0.25, -0.2) is 0 Å². The molecule has 0 radical (unpaired) electrons. The van der Waals surface area contributed by atoms with Gasteiger partial charge >= 0.3 is 0 Å². The molecule has 92 valence electrons. The first-order valence-corrected chi connectivity index (χ1v) is 6.70. The minimum atomic E-state index is 0.0755. The van der Waals surface area contributed by atoms with Gasteiger partial charge in [-0.3, -0.25) is 4.79 Å². The molecule has 1 N–H and O–H groups in total. The fourth-order valence-corrected chi connectivity index (χ4v) is 2.76. The Hall–Kier alpha value is -0.620. The molecule has 4 heteroatoms. The fraction of sp³-hybridized carbons (Fsp3) is 0.462. The molecule has 0 spiro atoms. The Bertz CT molecular complexity index is 417. The Balaban J connectivity index is 2.36. The predicted octanol–water partition coefficient (Wildman–Crippen LogP) is 3.21. The van der Waals surface area contributed by atoms with E-state index in [1.807, 2.05) is 29.1 Å². The van der Waals surface area contributed by atoms with E-state index in [-0.39, 0.29) is 11.9 Å². The van der Waals surface area contributed by atoms with Gasteiger partial charge in [0.1, 0.15) is 28.8 Å². The van der Waals surface area contributed by atoms with E-state index in [4.69, 9.17) is 3.07 Å². The smallest absolute Gasteiger partial charge is 0.153 e. The number of rotatable bonds is 2. The highest BCUT2D eigenvalue weighted by Gasteiger charge is 2.17. The van der Waals surface area contributed by atoms with E-state index < -0.39 is 0 Å². The summed E-state index contributed by atoms with van der Waals surface area (Å²) in [5, 5.41) is 9.71. The number of benzene rings is 1. The lowest BCUT2D eigenvalue weighted by Crippen LogP contribution is -2.15.